The molecule has 1 heterocycles. The highest BCUT2D eigenvalue weighted by Gasteiger charge is 2.23. The van der Waals surface area contributed by atoms with Crippen LogP contribution in [0, 0.1) is 0 Å². The van der Waals surface area contributed by atoms with Gasteiger partial charge >= 0.3 is 5.97 Å². The summed E-state index contributed by atoms with van der Waals surface area (Å²) in [5, 5.41) is 4.98. The predicted molar refractivity (Wildman–Crippen MR) is 145 cm³/mol. The van der Waals surface area contributed by atoms with Crippen LogP contribution in [0.5, 0.6) is 17.2 Å². The van der Waals surface area contributed by atoms with Crippen LogP contribution in [0.15, 0.2) is 78.2 Å². The van der Waals surface area contributed by atoms with Crippen molar-refractivity contribution < 1.29 is 28.5 Å². The molecule has 0 fully saturated rings. The minimum atomic E-state index is -0.527. The summed E-state index contributed by atoms with van der Waals surface area (Å²) in [6, 6.07) is 22.9. The highest BCUT2D eigenvalue weighted by molar-refractivity contribution is 7.15. The molecule has 0 bridgehead atoms. The number of anilines is 1. The van der Waals surface area contributed by atoms with Gasteiger partial charge in [0.1, 0.15) is 16.3 Å². The lowest BCUT2D eigenvalue weighted by atomic mass is 10.0. The monoisotopic (exact) mass is 517 g/mol. The maximum Gasteiger partial charge on any atom is 0.341 e. The molecule has 0 saturated heterocycles. The minimum absolute atomic E-state index is 0.204. The zero-order valence-corrected chi connectivity index (χ0v) is 21.6. The molecular weight excluding hydrogens is 490 g/mol. The zero-order chi connectivity index (χ0) is 26.2. The van der Waals surface area contributed by atoms with Gasteiger partial charge in [-0.05, 0) is 47.9 Å². The number of methoxy groups -OCH3 is 2. The third kappa shape index (κ3) is 6.10. The predicted octanol–water partition coefficient (Wildman–Crippen LogP) is 6.29. The van der Waals surface area contributed by atoms with Gasteiger partial charge in [-0.15, -0.1) is 11.3 Å². The smallest absolute Gasteiger partial charge is 0.341 e. The van der Waals surface area contributed by atoms with Crippen molar-refractivity contribution in [2.45, 2.75) is 6.92 Å². The molecule has 3 aromatic carbocycles. The van der Waals surface area contributed by atoms with Crippen LogP contribution in [0.4, 0.5) is 5.00 Å². The Morgan fingerprint density at radius 3 is 2.19 bits per heavy atom. The largest absolute Gasteiger partial charge is 0.493 e. The average Bonchev–Trinajstić information content (AvgIpc) is 3.35. The van der Waals surface area contributed by atoms with Crippen molar-refractivity contribution in [3.8, 4) is 39.5 Å². The summed E-state index contributed by atoms with van der Waals surface area (Å²) < 4.78 is 21.7. The van der Waals surface area contributed by atoms with Crippen LogP contribution in [0.1, 0.15) is 17.3 Å². The highest BCUT2D eigenvalue weighted by Crippen LogP contribution is 2.39. The van der Waals surface area contributed by atoms with E-state index in [0.717, 1.165) is 16.7 Å². The lowest BCUT2D eigenvalue weighted by molar-refractivity contribution is -0.118. The molecule has 0 unspecified atom stereocenters. The number of esters is 1. The molecule has 0 aliphatic carbocycles. The van der Waals surface area contributed by atoms with Crippen LogP contribution in [0.2, 0.25) is 0 Å². The second-order valence-electron chi connectivity index (χ2n) is 7.87. The summed E-state index contributed by atoms with van der Waals surface area (Å²) in [6.07, 6.45) is 0. The Kier molecular flexibility index (Phi) is 8.43. The molecular formula is C29H27NO6S. The van der Waals surface area contributed by atoms with Crippen LogP contribution in [-0.4, -0.2) is 39.3 Å². The normalized spacial score (nSPS) is 10.5. The van der Waals surface area contributed by atoms with Crippen LogP contribution in [-0.2, 0) is 9.53 Å². The van der Waals surface area contributed by atoms with E-state index in [1.807, 2.05) is 60.7 Å². The molecule has 1 N–H and O–H groups in total. The standard InChI is InChI=1S/C29H27NO6S/c1-4-35-29(32)27-23(21-12-15-24(33-2)25(16-21)34-3)18-37-28(27)30-26(31)17-36-22-13-10-20(11-14-22)19-8-6-5-7-9-19/h5-16,18H,4,17H2,1-3H3,(H,30,31). The number of carbonyl (C=O) groups is 2. The first-order chi connectivity index (χ1) is 18.0. The summed E-state index contributed by atoms with van der Waals surface area (Å²) in [5.74, 6) is 0.747. The topological polar surface area (TPSA) is 83.1 Å². The van der Waals surface area contributed by atoms with Gasteiger partial charge in [0.15, 0.2) is 18.1 Å². The van der Waals surface area contributed by atoms with Gasteiger partial charge in [0.05, 0.1) is 20.8 Å². The number of thiophene rings is 1. The number of ether oxygens (including phenoxy) is 4. The van der Waals surface area contributed by atoms with E-state index in [-0.39, 0.29) is 18.8 Å². The molecule has 7 nitrogen and oxygen atoms in total. The van der Waals surface area contributed by atoms with Gasteiger partial charge in [-0.25, -0.2) is 4.79 Å². The molecule has 0 aliphatic heterocycles. The molecule has 0 saturated carbocycles. The summed E-state index contributed by atoms with van der Waals surface area (Å²) in [4.78, 5) is 25.6. The Morgan fingerprint density at radius 2 is 1.51 bits per heavy atom. The van der Waals surface area contributed by atoms with Crippen molar-refractivity contribution in [1.29, 1.82) is 0 Å². The van der Waals surface area contributed by atoms with Gasteiger partial charge in [0.2, 0.25) is 0 Å². The van der Waals surface area contributed by atoms with Crippen LogP contribution in [0.25, 0.3) is 22.3 Å². The van der Waals surface area contributed by atoms with Crippen molar-refractivity contribution >= 4 is 28.2 Å². The van der Waals surface area contributed by atoms with Gasteiger partial charge in [0.25, 0.3) is 5.91 Å². The van der Waals surface area contributed by atoms with Gasteiger partial charge < -0.3 is 24.3 Å². The first-order valence-electron chi connectivity index (χ1n) is 11.6. The third-order valence-corrected chi connectivity index (χ3v) is 6.44. The van der Waals surface area contributed by atoms with Crippen molar-refractivity contribution in [3.05, 3.63) is 83.7 Å². The molecule has 0 atom stereocenters. The number of hydrogen-bond donors (Lipinski definition) is 1. The quantitative estimate of drug-likeness (QED) is 0.249. The Hall–Kier alpha value is -4.30. The fourth-order valence-electron chi connectivity index (χ4n) is 3.76. The van der Waals surface area contributed by atoms with Crippen molar-refractivity contribution in [2.75, 3.05) is 32.8 Å². The van der Waals surface area contributed by atoms with Crippen LogP contribution in [0.3, 0.4) is 0 Å². The number of nitrogens with one attached hydrogen (secondary N) is 1. The lowest BCUT2D eigenvalue weighted by Crippen LogP contribution is -2.21. The van der Waals surface area contributed by atoms with E-state index in [1.54, 1.807) is 38.7 Å². The first kappa shape index (κ1) is 25.8. The van der Waals surface area contributed by atoms with Crippen molar-refractivity contribution in [2.24, 2.45) is 0 Å². The number of amides is 1. The summed E-state index contributed by atoms with van der Waals surface area (Å²) in [7, 11) is 3.10. The van der Waals surface area contributed by atoms with E-state index in [0.29, 0.717) is 27.8 Å². The third-order valence-electron chi connectivity index (χ3n) is 5.55. The maximum absolute atomic E-state index is 12.9. The van der Waals surface area contributed by atoms with Gasteiger partial charge in [-0.2, -0.15) is 0 Å². The summed E-state index contributed by atoms with van der Waals surface area (Å²) >= 11 is 1.24. The molecule has 190 valence electrons. The van der Waals surface area contributed by atoms with E-state index >= 15 is 0 Å². The van der Waals surface area contributed by atoms with Crippen molar-refractivity contribution in [3.63, 3.8) is 0 Å². The van der Waals surface area contributed by atoms with Crippen molar-refractivity contribution in [1.82, 2.24) is 0 Å². The Bertz CT molecular complexity index is 1370. The molecule has 37 heavy (non-hydrogen) atoms. The van der Waals surface area contributed by atoms with Crippen LogP contribution >= 0.6 is 11.3 Å². The second kappa shape index (κ2) is 12.1. The Balaban J connectivity index is 1.49. The number of carbonyl (C=O) groups excluding carboxylic acids is 2. The minimum Gasteiger partial charge on any atom is -0.493 e. The summed E-state index contributed by atoms with van der Waals surface area (Å²) in [5.41, 5.74) is 3.78. The second-order valence-corrected chi connectivity index (χ2v) is 8.75. The highest BCUT2D eigenvalue weighted by atomic mass is 32.1. The van der Waals surface area contributed by atoms with E-state index in [4.69, 9.17) is 18.9 Å². The van der Waals surface area contributed by atoms with E-state index in [9.17, 15) is 9.59 Å². The average molecular weight is 518 g/mol. The summed E-state index contributed by atoms with van der Waals surface area (Å²) in [6.45, 7) is 1.72. The van der Waals surface area contributed by atoms with E-state index in [1.165, 1.54) is 11.3 Å². The fourth-order valence-corrected chi connectivity index (χ4v) is 4.73. The van der Waals surface area contributed by atoms with Crippen LogP contribution < -0.4 is 19.5 Å². The number of hydrogen-bond acceptors (Lipinski definition) is 7. The molecule has 0 aliphatic rings. The molecule has 1 aromatic heterocycles. The molecule has 8 heteroatoms. The van der Waals surface area contributed by atoms with E-state index in [2.05, 4.69) is 5.32 Å². The van der Waals surface area contributed by atoms with Gasteiger partial charge in [-0.3, -0.25) is 4.79 Å². The lowest BCUT2D eigenvalue weighted by Gasteiger charge is -2.12. The Labute approximate surface area is 219 Å². The first-order valence-corrected chi connectivity index (χ1v) is 12.5. The molecule has 4 aromatic rings. The molecule has 0 radical (unpaired) electrons. The number of benzene rings is 3. The SMILES string of the molecule is CCOC(=O)c1c(-c2ccc(OC)c(OC)c2)csc1NC(=O)COc1ccc(-c2ccccc2)cc1. The Morgan fingerprint density at radius 1 is 0.838 bits per heavy atom. The zero-order valence-electron chi connectivity index (χ0n) is 20.8. The van der Waals surface area contributed by atoms with E-state index < -0.39 is 11.9 Å². The van der Waals surface area contributed by atoms with Gasteiger partial charge in [-0.1, -0.05) is 48.5 Å². The number of rotatable bonds is 10. The molecule has 1 amide bonds. The maximum atomic E-state index is 12.9. The molecule has 4 rings (SSSR count). The van der Waals surface area contributed by atoms with Gasteiger partial charge in [0, 0.05) is 10.9 Å². The fraction of sp³-hybridized carbons (Fsp3) is 0.172. The molecule has 0 spiro atoms.